The van der Waals surface area contributed by atoms with Gasteiger partial charge in [0.15, 0.2) is 0 Å². The summed E-state index contributed by atoms with van der Waals surface area (Å²) in [7, 11) is -3.36. The van der Waals surface area contributed by atoms with Gasteiger partial charge in [0.25, 0.3) is 0 Å². The van der Waals surface area contributed by atoms with Crippen LogP contribution in [0.3, 0.4) is 0 Å². The van der Waals surface area contributed by atoms with E-state index in [0.717, 1.165) is 36.4 Å². The van der Waals surface area contributed by atoms with Crippen molar-refractivity contribution in [2.45, 2.75) is 57.3 Å². The predicted octanol–water partition coefficient (Wildman–Crippen LogP) is 2.63. The van der Waals surface area contributed by atoms with Crippen molar-refractivity contribution < 1.29 is 8.42 Å². The molecule has 0 aliphatic carbocycles. The number of rotatable bonds is 8. The predicted molar refractivity (Wildman–Crippen MR) is 81.1 cm³/mol. The topological polar surface area (TPSA) is 58.2 Å². The number of nitrogens with one attached hydrogen (secondary N) is 2. The smallest absolute Gasteiger partial charge is 0.250 e. The van der Waals surface area contributed by atoms with Gasteiger partial charge in [-0.2, -0.15) is 0 Å². The van der Waals surface area contributed by atoms with Crippen molar-refractivity contribution in [3.8, 4) is 0 Å². The molecule has 1 heterocycles. The number of sulfonamides is 1. The Balaban J connectivity index is 2.81. The highest BCUT2D eigenvalue weighted by Crippen LogP contribution is 2.26. The van der Waals surface area contributed by atoms with E-state index in [-0.39, 0.29) is 6.04 Å². The van der Waals surface area contributed by atoms with Gasteiger partial charge in [0.2, 0.25) is 10.0 Å². The highest BCUT2D eigenvalue weighted by Gasteiger charge is 2.20. The number of hydrogen-bond donors (Lipinski definition) is 2. The lowest BCUT2D eigenvalue weighted by Gasteiger charge is -2.10. The van der Waals surface area contributed by atoms with Gasteiger partial charge in [-0.25, -0.2) is 13.1 Å². The van der Waals surface area contributed by atoms with Crippen LogP contribution in [-0.2, 0) is 16.6 Å². The van der Waals surface area contributed by atoms with Gasteiger partial charge in [-0.15, -0.1) is 11.3 Å². The fourth-order valence-corrected chi connectivity index (χ4v) is 4.48. The summed E-state index contributed by atoms with van der Waals surface area (Å²) in [5, 5.41) is 3.30. The summed E-state index contributed by atoms with van der Waals surface area (Å²) in [6.45, 7) is 9.60. The van der Waals surface area contributed by atoms with Gasteiger partial charge in [-0.3, -0.25) is 0 Å². The highest BCUT2D eigenvalue weighted by atomic mass is 32.2. The average Bonchev–Trinajstić information content (AvgIpc) is 2.71. The molecule has 1 unspecified atom stereocenters. The second-order valence-electron chi connectivity index (χ2n) is 4.78. The Morgan fingerprint density at radius 3 is 2.63 bits per heavy atom. The normalized spacial score (nSPS) is 13.7. The van der Waals surface area contributed by atoms with E-state index in [0.29, 0.717) is 4.21 Å². The summed E-state index contributed by atoms with van der Waals surface area (Å²) >= 11 is 1.36. The molecule has 2 N–H and O–H groups in total. The van der Waals surface area contributed by atoms with Crippen LogP contribution in [0.25, 0.3) is 0 Å². The van der Waals surface area contributed by atoms with E-state index in [1.807, 2.05) is 20.8 Å². The first-order chi connectivity index (χ1) is 8.90. The lowest BCUT2D eigenvalue weighted by atomic mass is 10.3. The van der Waals surface area contributed by atoms with E-state index >= 15 is 0 Å². The summed E-state index contributed by atoms with van der Waals surface area (Å²) in [4.78, 5) is 1.10. The first-order valence-electron chi connectivity index (χ1n) is 6.73. The SMILES string of the molecule is CCCNCc1sc(S(=O)(=O)NC(C)CC)cc1C. The van der Waals surface area contributed by atoms with E-state index in [1.54, 1.807) is 6.07 Å². The van der Waals surface area contributed by atoms with Crippen molar-refractivity contribution in [1.82, 2.24) is 10.0 Å². The summed E-state index contributed by atoms with van der Waals surface area (Å²) in [5.41, 5.74) is 1.04. The zero-order chi connectivity index (χ0) is 14.5. The summed E-state index contributed by atoms with van der Waals surface area (Å²) < 4.78 is 27.5. The minimum atomic E-state index is -3.36. The fraction of sp³-hybridized carbons (Fsp3) is 0.692. The van der Waals surface area contributed by atoms with E-state index < -0.39 is 10.0 Å². The summed E-state index contributed by atoms with van der Waals surface area (Å²) in [5.74, 6) is 0. The van der Waals surface area contributed by atoms with Crippen LogP contribution >= 0.6 is 11.3 Å². The molecule has 0 saturated heterocycles. The van der Waals surface area contributed by atoms with Gasteiger partial charge >= 0.3 is 0 Å². The van der Waals surface area contributed by atoms with Crippen molar-refractivity contribution in [1.29, 1.82) is 0 Å². The molecule has 0 fully saturated rings. The molecule has 0 saturated carbocycles. The molecule has 0 spiro atoms. The van der Waals surface area contributed by atoms with Gasteiger partial charge in [0, 0.05) is 17.5 Å². The molecule has 19 heavy (non-hydrogen) atoms. The van der Waals surface area contributed by atoms with Crippen molar-refractivity contribution in [3.05, 3.63) is 16.5 Å². The van der Waals surface area contributed by atoms with Crippen molar-refractivity contribution in [2.75, 3.05) is 6.54 Å². The van der Waals surface area contributed by atoms with E-state index in [4.69, 9.17) is 0 Å². The molecular weight excluding hydrogens is 280 g/mol. The van der Waals surface area contributed by atoms with Crippen molar-refractivity contribution in [2.24, 2.45) is 0 Å². The number of hydrogen-bond acceptors (Lipinski definition) is 4. The van der Waals surface area contributed by atoms with Crippen LogP contribution in [0, 0.1) is 6.92 Å². The van der Waals surface area contributed by atoms with Gasteiger partial charge in [-0.05, 0) is 44.9 Å². The van der Waals surface area contributed by atoms with Crippen LogP contribution in [0.2, 0.25) is 0 Å². The second-order valence-corrected chi connectivity index (χ2v) is 7.86. The molecule has 1 atom stereocenters. The monoisotopic (exact) mass is 304 g/mol. The first kappa shape index (κ1) is 16.6. The number of aryl methyl sites for hydroxylation is 1. The van der Waals surface area contributed by atoms with Gasteiger partial charge in [0.05, 0.1) is 0 Å². The van der Waals surface area contributed by atoms with Crippen LogP contribution in [-0.4, -0.2) is 21.0 Å². The maximum Gasteiger partial charge on any atom is 0.250 e. The minimum Gasteiger partial charge on any atom is -0.312 e. The van der Waals surface area contributed by atoms with E-state index in [2.05, 4.69) is 17.0 Å². The Kier molecular flexibility index (Phi) is 6.46. The zero-order valence-electron chi connectivity index (χ0n) is 12.1. The molecule has 1 aromatic rings. The third-order valence-corrected chi connectivity index (χ3v) is 6.24. The van der Waals surface area contributed by atoms with Gasteiger partial charge in [0.1, 0.15) is 4.21 Å². The third-order valence-electron chi connectivity index (χ3n) is 2.94. The quantitative estimate of drug-likeness (QED) is 0.726. The Bertz CT molecular complexity index is 495. The van der Waals surface area contributed by atoms with Crippen LogP contribution in [0.4, 0.5) is 0 Å². The number of thiophene rings is 1. The summed E-state index contributed by atoms with van der Waals surface area (Å²) in [6, 6.07) is 1.73. The zero-order valence-corrected chi connectivity index (χ0v) is 13.7. The second kappa shape index (κ2) is 7.38. The minimum absolute atomic E-state index is 0.0333. The average molecular weight is 304 g/mol. The van der Waals surface area contributed by atoms with Crippen molar-refractivity contribution >= 4 is 21.4 Å². The fourth-order valence-electron chi connectivity index (χ4n) is 1.58. The largest absolute Gasteiger partial charge is 0.312 e. The lowest BCUT2D eigenvalue weighted by molar-refractivity contribution is 0.558. The standard InChI is InChI=1S/C13H24N2O2S2/c1-5-7-14-9-12-10(3)8-13(18-12)19(16,17)15-11(4)6-2/h8,11,14-15H,5-7,9H2,1-4H3. The highest BCUT2D eigenvalue weighted by molar-refractivity contribution is 7.91. The molecular formula is C13H24N2O2S2. The van der Waals surface area contributed by atoms with E-state index in [1.165, 1.54) is 11.3 Å². The molecule has 1 aromatic heterocycles. The van der Waals surface area contributed by atoms with Crippen LogP contribution in [0.15, 0.2) is 10.3 Å². The molecule has 1 rings (SSSR count). The Labute approximate surface area is 120 Å². The van der Waals surface area contributed by atoms with Crippen LogP contribution in [0.5, 0.6) is 0 Å². The Hall–Kier alpha value is -0.430. The maximum atomic E-state index is 12.2. The molecule has 110 valence electrons. The van der Waals surface area contributed by atoms with Gasteiger partial charge < -0.3 is 5.32 Å². The lowest BCUT2D eigenvalue weighted by Crippen LogP contribution is -2.31. The molecule has 0 amide bonds. The third kappa shape index (κ3) is 4.87. The summed E-state index contributed by atoms with van der Waals surface area (Å²) in [6.07, 6.45) is 1.86. The molecule has 0 radical (unpaired) electrons. The van der Waals surface area contributed by atoms with Gasteiger partial charge in [-0.1, -0.05) is 13.8 Å². The van der Waals surface area contributed by atoms with E-state index in [9.17, 15) is 8.42 Å². The molecule has 0 aliphatic rings. The van der Waals surface area contributed by atoms with Crippen LogP contribution < -0.4 is 10.0 Å². The molecule has 4 nitrogen and oxygen atoms in total. The Morgan fingerprint density at radius 2 is 2.05 bits per heavy atom. The molecule has 0 bridgehead atoms. The molecule has 0 aromatic carbocycles. The first-order valence-corrected chi connectivity index (χ1v) is 9.03. The molecule has 6 heteroatoms. The molecule has 0 aliphatic heterocycles. The Morgan fingerprint density at radius 1 is 1.37 bits per heavy atom. The van der Waals surface area contributed by atoms with Crippen LogP contribution in [0.1, 0.15) is 44.1 Å². The van der Waals surface area contributed by atoms with Crippen molar-refractivity contribution in [3.63, 3.8) is 0 Å². The maximum absolute atomic E-state index is 12.2.